The Morgan fingerprint density at radius 3 is 2.42 bits per heavy atom. The smallest absolute Gasteiger partial charge is 0.0701 e. The second-order valence-electron chi connectivity index (χ2n) is 7.05. The molecule has 1 saturated carbocycles. The predicted octanol–water partition coefficient (Wildman–Crippen LogP) is 5.39. The molecule has 0 atom stereocenters. The summed E-state index contributed by atoms with van der Waals surface area (Å²) in [4.78, 5) is 1.53. The van der Waals surface area contributed by atoms with Gasteiger partial charge in [-0.25, -0.2) is 0 Å². The Balaban J connectivity index is 2.05. The van der Waals surface area contributed by atoms with Crippen LogP contribution in [0.3, 0.4) is 0 Å². The molecule has 0 spiro atoms. The van der Waals surface area contributed by atoms with Gasteiger partial charge in [0.2, 0.25) is 0 Å². The summed E-state index contributed by atoms with van der Waals surface area (Å²) in [7, 11) is 0. The Hall–Kier alpha value is 0.140. The van der Waals surface area contributed by atoms with E-state index in [1.54, 1.807) is 0 Å². The van der Waals surface area contributed by atoms with Crippen LogP contribution in [-0.2, 0) is 6.42 Å². The number of thiophene rings is 1. The third-order valence-corrected chi connectivity index (χ3v) is 5.71. The van der Waals surface area contributed by atoms with Crippen LogP contribution in [0.15, 0.2) is 15.9 Å². The highest BCUT2D eigenvalue weighted by atomic mass is 79.9. The lowest BCUT2D eigenvalue weighted by atomic mass is 9.71. The molecule has 0 aliphatic heterocycles. The van der Waals surface area contributed by atoms with Crippen LogP contribution in [0.1, 0.15) is 57.8 Å². The van der Waals surface area contributed by atoms with Gasteiger partial charge in [-0.05, 0) is 73.5 Å². The molecule has 0 radical (unpaired) electrons. The zero-order valence-corrected chi connectivity index (χ0v) is 14.8. The first-order valence-electron chi connectivity index (χ1n) is 7.38. The zero-order valence-electron chi connectivity index (χ0n) is 12.4. The van der Waals surface area contributed by atoms with Crippen molar-refractivity contribution in [3.05, 3.63) is 20.8 Å². The van der Waals surface area contributed by atoms with Crippen LogP contribution in [0.5, 0.6) is 0 Å². The van der Waals surface area contributed by atoms with Gasteiger partial charge in [-0.3, -0.25) is 0 Å². The number of rotatable bonds is 4. The molecule has 1 fully saturated rings. The summed E-state index contributed by atoms with van der Waals surface area (Å²) in [5.41, 5.74) is 0.705. The number of hydrogen-bond acceptors (Lipinski definition) is 2. The fourth-order valence-electron chi connectivity index (χ4n) is 2.99. The molecule has 1 aliphatic carbocycles. The zero-order chi connectivity index (χ0) is 13.9. The standard InChI is InChI=1S/C16H26BrNS/c1-15(2,3)18-12-16(9-5-4-6-10-16)11-13-7-8-14(17)19-13/h7-8,18H,4-6,9-12H2,1-3H3. The summed E-state index contributed by atoms with van der Waals surface area (Å²) in [6.45, 7) is 7.97. The second-order valence-corrected chi connectivity index (χ2v) is 9.59. The van der Waals surface area contributed by atoms with Crippen molar-refractivity contribution in [2.45, 2.75) is 64.8 Å². The lowest BCUT2D eigenvalue weighted by molar-refractivity contribution is 0.166. The maximum Gasteiger partial charge on any atom is 0.0701 e. The third-order valence-electron chi connectivity index (χ3n) is 4.09. The van der Waals surface area contributed by atoms with Crippen molar-refractivity contribution in [2.75, 3.05) is 6.54 Å². The molecular weight excluding hydrogens is 318 g/mol. The van der Waals surface area contributed by atoms with Gasteiger partial charge in [-0.15, -0.1) is 11.3 Å². The van der Waals surface area contributed by atoms with Crippen LogP contribution >= 0.6 is 27.3 Å². The largest absolute Gasteiger partial charge is 0.312 e. The Morgan fingerprint density at radius 1 is 1.21 bits per heavy atom. The first-order valence-corrected chi connectivity index (χ1v) is 8.99. The fourth-order valence-corrected chi connectivity index (χ4v) is 4.64. The summed E-state index contributed by atoms with van der Waals surface area (Å²) >= 11 is 5.49. The molecule has 108 valence electrons. The fraction of sp³-hybridized carbons (Fsp3) is 0.750. The molecule has 1 aromatic rings. The molecule has 1 heterocycles. The van der Waals surface area contributed by atoms with Gasteiger partial charge in [0.15, 0.2) is 0 Å². The minimum atomic E-state index is 0.223. The van der Waals surface area contributed by atoms with E-state index in [9.17, 15) is 0 Å². The minimum Gasteiger partial charge on any atom is -0.312 e. The SMILES string of the molecule is CC(C)(C)NCC1(Cc2ccc(Br)s2)CCCCC1. The van der Waals surface area contributed by atoms with Gasteiger partial charge in [0.1, 0.15) is 0 Å². The molecule has 0 unspecified atom stereocenters. The molecule has 0 bridgehead atoms. The summed E-state index contributed by atoms with van der Waals surface area (Å²) in [6.07, 6.45) is 8.23. The normalized spacial score (nSPS) is 19.6. The first-order chi connectivity index (χ1) is 8.89. The van der Waals surface area contributed by atoms with Gasteiger partial charge in [0.25, 0.3) is 0 Å². The van der Waals surface area contributed by atoms with E-state index in [0.29, 0.717) is 5.41 Å². The van der Waals surface area contributed by atoms with Gasteiger partial charge in [-0.2, -0.15) is 0 Å². The molecule has 1 N–H and O–H groups in total. The van der Waals surface area contributed by atoms with Crippen LogP contribution in [0.2, 0.25) is 0 Å². The van der Waals surface area contributed by atoms with E-state index in [-0.39, 0.29) is 5.54 Å². The quantitative estimate of drug-likeness (QED) is 0.772. The molecule has 1 aromatic heterocycles. The first kappa shape index (κ1) is 15.5. The Morgan fingerprint density at radius 2 is 1.89 bits per heavy atom. The number of halogens is 1. The van der Waals surface area contributed by atoms with Gasteiger partial charge in [-0.1, -0.05) is 19.3 Å². The van der Waals surface area contributed by atoms with Crippen molar-refractivity contribution < 1.29 is 0 Å². The molecule has 0 amide bonds. The van der Waals surface area contributed by atoms with Crippen molar-refractivity contribution in [3.63, 3.8) is 0 Å². The van der Waals surface area contributed by atoms with Crippen LogP contribution in [0, 0.1) is 5.41 Å². The molecule has 19 heavy (non-hydrogen) atoms. The third kappa shape index (κ3) is 4.87. The van der Waals surface area contributed by atoms with E-state index >= 15 is 0 Å². The minimum absolute atomic E-state index is 0.223. The molecule has 0 saturated heterocycles. The monoisotopic (exact) mass is 343 g/mol. The average Bonchev–Trinajstić information content (AvgIpc) is 2.73. The molecule has 2 rings (SSSR count). The van der Waals surface area contributed by atoms with Gasteiger partial charge < -0.3 is 5.32 Å². The molecule has 1 aliphatic rings. The average molecular weight is 344 g/mol. The van der Waals surface area contributed by atoms with Crippen molar-refractivity contribution in [1.29, 1.82) is 0 Å². The van der Waals surface area contributed by atoms with Crippen LogP contribution in [0.25, 0.3) is 0 Å². The van der Waals surface area contributed by atoms with E-state index in [2.05, 4.69) is 54.2 Å². The second kappa shape index (κ2) is 6.28. The van der Waals surface area contributed by atoms with E-state index in [1.807, 2.05) is 11.3 Å². The van der Waals surface area contributed by atoms with Crippen molar-refractivity contribution in [1.82, 2.24) is 5.32 Å². The van der Waals surface area contributed by atoms with Gasteiger partial charge in [0.05, 0.1) is 3.79 Å². The Bertz CT molecular complexity index is 399. The topological polar surface area (TPSA) is 12.0 Å². The predicted molar refractivity (Wildman–Crippen MR) is 89.0 cm³/mol. The summed E-state index contributed by atoms with van der Waals surface area (Å²) in [5, 5.41) is 3.75. The van der Waals surface area contributed by atoms with Crippen molar-refractivity contribution >= 4 is 27.3 Å². The highest BCUT2D eigenvalue weighted by Gasteiger charge is 2.33. The lowest BCUT2D eigenvalue weighted by Crippen LogP contribution is -2.45. The van der Waals surface area contributed by atoms with Crippen molar-refractivity contribution in [2.24, 2.45) is 5.41 Å². The number of hydrogen-bond donors (Lipinski definition) is 1. The highest BCUT2D eigenvalue weighted by molar-refractivity contribution is 9.11. The van der Waals surface area contributed by atoms with E-state index < -0.39 is 0 Å². The summed E-state index contributed by atoms with van der Waals surface area (Å²) in [6, 6.07) is 4.48. The maximum atomic E-state index is 3.75. The van der Waals surface area contributed by atoms with E-state index in [4.69, 9.17) is 0 Å². The number of nitrogens with one attached hydrogen (secondary N) is 1. The van der Waals surface area contributed by atoms with Crippen LogP contribution in [0.4, 0.5) is 0 Å². The van der Waals surface area contributed by atoms with E-state index in [1.165, 1.54) is 47.2 Å². The molecule has 1 nitrogen and oxygen atoms in total. The molecular formula is C16H26BrNS. The van der Waals surface area contributed by atoms with Crippen LogP contribution in [-0.4, -0.2) is 12.1 Å². The Labute approximate surface area is 130 Å². The summed E-state index contributed by atoms with van der Waals surface area (Å²) in [5.74, 6) is 0. The highest BCUT2D eigenvalue weighted by Crippen LogP contribution is 2.40. The lowest BCUT2D eigenvalue weighted by Gasteiger charge is -2.39. The van der Waals surface area contributed by atoms with Gasteiger partial charge >= 0.3 is 0 Å². The van der Waals surface area contributed by atoms with Crippen molar-refractivity contribution in [3.8, 4) is 0 Å². The van der Waals surface area contributed by atoms with Gasteiger partial charge in [0, 0.05) is 17.0 Å². The Kier molecular flexibility index (Phi) is 5.13. The summed E-state index contributed by atoms with van der Waals surface area (Å²) < 4.78 is 1.26. The molecule has 3 heteroatoms. The maximum absolute atomic E-state index is 3.75. The van der Waals surface area contributed by atoms with Crippen LogP contribution < -0.4 is 5.32 Å². The molecule has 0 aromatic carbocycles. The van der Waals surface area contributed by atoms with E-state index in [0.717, 1.165) is 6.54 Å².